The SMILES string of the molecule is CCCCCCCCCCCCCCCC(=O)OC[C@H](COC(=O)CCCCCCCCCCCCCC)OC(=O)CCCCCCCCCCCCCCCC(C)C. The minimum atomic E-state index is -0.760. The molecule has 0 bridgehead atoms. The molecule has 6 heteroatoms. The lowest BCUT2D eigenvalue weighted by molar-refractivity contribution is -0.167. The second kappa shape index (κ2) is 47.5. The van der Waals surface area contributed by atoms with Gasteiger partial charge in [-0.2, -0.15) is 0 Å². The van der Waals surface area contributed by atoms with E-state index in [9.17, 15) is 14.4 Å². The van der Waals surface area contributed by atoms with Crippen LogP contribution in [0, 0.1) is 5.92 Å². The highest BCUT2D eigenvalue weighted by atomic mass is 16.6. The molecule has 0 fully saturated rings. The monoisotopic (exact) mass is 835 g/mol. The topological polar surface area (TPSA) is 78.9 Å². The van der Waals surface area contributed by atoms with E-state index in [4.69, 9.17) is 14.2 Å². The molecule has 0 rings (SSSR count). The van der Waals surface area contributed by atoms with E-state index >= 15 is 0 Å². The molecule has 0 unspecified atom stereocenters. The van der Waals surface area contributed by atoms with E-state index in [-0.39, 0.29) is 31.1 Å². The van der Waals surface area contributed by atoms with Gasteiger partial charge in [-0.1, -0.05) is 259 Å². The van der Waals surface area contributed by atoms with E-state index in [1.807, 2.05) is 0 Å². The normalized spacial score (nSPS) is 11.9. The van der Waals surface area contributed by atoms with Crippen LogP contribution < -0.4 is 0 Å². The first-order chi connectivity index (χ1) is 28.9. The lowest BCUT2D eigenvalue weighted by Crippen LogP contribution is -2.30. The number of hydrogen-bond acceptors (Lipinski definition) is 6. The summed E-state index contributed by atoms with van der Waals surface area (Å²) < 4.78 is 16.8. The van der Waals surface area contributed by atoms with Crippen LogP contribution in [0.15, 0.2) is 0 Å². The fraction of sp³-hybridized carbons (Fsp3) is 0.943. The average Bonchev–Trinajstić information content (AvgIpc) is 3.22. The molecule has 0 spiro atoms. The molecule has 0 aliphatic rings. The van der Waals surface area contributed by atoms with Gasteiger partial charge in [0.2, 0.25) is 0 Å². The molecule has 0 saturated heterocycles. The number of carbonyl (C=O) groups excluding carboxylic acids is 3. The molecule has 0 aromatic carbocycles. The van der Waals surface area contributed by atoms with Crippen molar-refractivity contribution >= 4 is 17.9 Å². The lowest BCUT2D eigenvalue weighted by Gasteiger charge is -2.18. The molecule has 0 aliphatic heterocycles. The maximum Gasteiger partial charge on any atom is 0.306 e. The van der Waals surface area contributed by atoms with Crippen LogP contribution in [0.5, 0.6) is 0 Å². The Kier molecular flexibility index (Phi) is 46.2. The molecule has 0 heterocycles. The zero-order valence-corrected chi connectivity index (χ0v) is 40.2. The van der Waals surface area contributed by atoms with Gasteiger partial charge in [-0.15, -0.1) is 0 Å². The van der Waals surface area contributed by atoms with Crippen LogP contribution in [-0.4, -0.2) is 37.2 Å². The van der Waals surface area contributed by atoms with E-state index < -0.39 is 6.10 Å². The van der Waals surface area contributed by atoms with Crippen LogP contribution in [0.4, 0.5) is 0 Å². The maximum atomic E-state index is 12.8. The van der Waals surface area contributed by atoms with Gasteiger partial charge in [0.25, 0.3) is 0 Å². The summed E-state index contributed by atoms with van der Waals surface area (Å²) in [7, 11) is 0. The summed E-state index contributed by atoms with van der Waals surface area (Å²) >= 11 is 0. The highest BCUT2D eigenvalue weighted by molar-refractivity contribution is 5.71. The summed E-state index contributed by atoms with van der Waals surface area (Å²) in [5.74, 6) is -0.00410. The second-order valence-corrected chi connectivity index (χ2v) is 18.6. The Hall–Kier alpha value is -1.59. The number of hydrogen-bond donors (Lipinski definition) is 0. The predicted molar refractivity (Wildman–Crippen MR) is 252 cm³/mol. The molecule has 0 radical (unpaired) electrons. The van der Waals surface area contributed by atoms with Crippen LogP contribution in [0.2, 0.25) is 0 Å². The summed E-state index contributed by atoms with van der Waals surface area (Å²) in [5.41, 5.74) is 0. The van der Waals surface area contributed by atoms with Gasteiger partial charge in [0.05, 0.1) is 0 Å². The Bertz CT molecular complexity index is 887. The number of rotatable bonds is 48. The number of carbonyl (C=O) groups is 3. The van der Waals surface area contributed by atoms with Gasteiger partial charge in [0.15, 0.2) is 6.10 Å². The van der Waals surface area contributed by atoms with Crippen molar-refractivity contribution in [3.8, 4) is 0 Å². The number of esters is 3. The third kappa shape index (κ3) is 47.3. The van der Waals surface area contributed by atoms with E-state index in [1.54, 1.807) is 0 Å². The fourth-order valence-corrected chi connectivity index (χ4v) is 8.04. The van der Waals surface area contributed by atoms with E-state index in [0.29, 0.717) is 19.3 Å². The molecule has 6 nitrogen and oxygen atoms in total. The molecule has 0 amide bonds. The molecule has 0 aromatic rings. The van der Waals surface area contributed by atoms with E-state index in [2.05, 4.69) is 27.7 Å². The number of unbranched alkanes of at least 4 members (excludes halogenated alkanes) is 35. The lowest BCUT2D eigenvalue weighted by atomic mass is 10.0. The molecule has 350 valence electrons. The minimum Gasteiger partial charge on any atom is -0.462 e. The van der Waals surface area contributed by atoms with Crippen molar-refractivity contribution in [2.75, 3.05) is 13.2 Å². The van der Waals surface area contributed by atoms with Gasteiger partial charge in [0, 0.05) is 19.3 Å². The van der Waals surface area contributed by atoms with E-state index in [1.165, 1.54) is 193 Å². The highest BCUT2D eigenvalue weighted by Crippen LogP contribution is 2.17. The summed E-state index contributed by atoms with van der Waals surface area (Å²) in [4.78, 5) is 37.9. The maximum absolute atomic E-state index is 12.8. The van der Waals surface area contributed by atoms with Crippen molar-refractivity contribution in [1.82, 2.24) is 0 Å². The average molecular weight is 835 g/mol. The standard InChI is InChI=1S/C53H102O6/c1-5-7-9-11-13-15-17-20-25-29-33-37-41-45-52(55)58-48-50(47-57-51(54)44-40-36-32-28-24-18-16-14-12-10-8-6-2)59-53(56)46-42-38-34-30-26-22-19-21-23-27-31-35-39-43-49(3)4/h49-50H,5-48H2,1-4H3/t50-/m0/s1. The van der Waals surface area contributed by atoms with Crippen molar-refractivity contribution < 1.29 is 28.6 Å². The first-order valence-corrected chi connectivity index (χ1v) is 26.4. The molecule has 59 heavy (non-hydrogen) atoms. The Morgan fingerprint density at radius 1 is 0.322 bits per heavy atom. The van der Waals surface area contributed by atoms with E-state index in [0.717, 1.165) is 63.7 Å². The minimum absolute atomic E-state index is 0.0625. The van der Waals surface area contributed by atoms with Crippen LogP contribution >= 0.6 is 0 Å². The Morgan fingerprint density at radius 3 is 0.831 bits per heavy atom. The largest absolute Gasteiger partial charge is 0.462 e. The third-order valence-corrected chi connectivity index (χ3v) is 12.0. The third-order valence-electron chi connectivity index (χ3n) is 12.0. The molecule has 0 saturated carbocycles. The van der Waals surface area contributed by atoms with Crippen LogP contribution in [0.1, 0.15) is 297 Å². The molecule has 0 N–H and O–H groups in total. The Morgan fingerprint density at radius 2 is 0.559 bits per heavy atom. The van der Waals surface area contributed by atoms with Crippen molar-refractivity contribution in [1.29, 1.82) is 0 Å². The molecule has 1 atom stereocenters. The zero-order valence-electron chi connectivity index (χ0n) is 40.2. The molecule has 0 aliphatic carbocycles. The van der Waals surface area contributed by atoms with Gasteiger partial charge < -0.3 is 14.2 Å². The van der Waals surface area contributed by atoms with Gasteiger partial charge in [0.1, 0.15) is 13.2 Å². The molecular weight excluding hydrogens is 733 g/mol. The highest BCUT2D eigenvalue weighted by Gasteiger charge is 2.19. The molecule has 0 aromatic heterocycles. The predicted octanol–water partition coefficient (Wildman–Crippen LogP) is 17.1. The quantitative estimate of drug-likeness (QED) is 0.0345. The van der Waals surface area contributed by atoms with Crippen molar-refractivity contribution in [3.63, 3.8) is 0 Å². The van der Waals surface area contributed by atoms with Crippen molar-refractivity contribution in [2.24, 2.45) is 5.92 Å². The second-order valence-electron chi connectivity index (χ2n) is 18.6. The van der Waals surface area contributed by atoms with Gasteiger partial charge in [-0.25, -0.2) is 0 Å². The first-order valence-electron chi connectivity index (χ1n) is 26.4. The van der Waals surface area contributed by atoms with Gasteiger partial charge in [-0.05, 0) is 25.2 Å². The fourth-order valence-electron chi connectivity index (χ4n) is 8.04. The summed E-state index contributed by atoms with van der Waals surface area (Å²) in [6.07, 6.45) is 49.4. The van der Waals surface area contributed by atoms with Crippen LogP contribution in [0.25, 0.3) is 0 Å². The smallest absolute Gasteiger partial charge is 0.306 e. The summed E-state index contributed by atoms with van der Waals surface area (Å²) in [6.45, 7) is 9.03. The molecular formula is C53H102O6. The number of ether oxygens (including phenoxy) is 3. The van der Waals surface area contributed by atoms with Gasteiger partial charge >= 0.3 is 17.9 Å². The first kappa shape index (κ1) is 57.4. The summed E-state index contributed by atoms with van der Waals surface area (Å²) in [5, 5.41) is 0. The zero-order chi connectivity index (χ0) is 43.1. The Balaban J connectivity index is 4.30. The van der Waals surface area contributed by atoms with Crippen molar-refractivity contribution in [2.45, 2.75) is 303 Å². The summed E-state index contributed by atoms with van der Waals surface area (Å²) in [6, 6.07) is 0. The van der Waals surface area contributed by atoms with Crippen LogP contribution in [-0.2, 0) is 28.6 Å². The van der Waals surface area contributed by atoms with Crippen molar-refractivity contribution in [3.05, 3.63) is 0 Å². The van der Waals surface area contributed by atoms with Gasteiger partial charge in [-0.3, -0.25) is 14.4 Å². The Labute approximate surface area is 368 Å². The van der Waals surface area contributed by atoms with Crippen LogP contribution in [0.3, 0.4) is 0 Å².